The fraction of sp³-hybridized carbons (Fsp3) is 0.400. The minimum Gasteiger partial charge on any atom is -0.743 e. The van der Waals surface area contributed by atoms with Crippen LogP contribution in [-0.4, -0.2) is 48.3 Å². The number of carbonyl (C=O) groups is 3. The largest absolute Gasteiger partial charge is 0.743 e. The van der Waals surface area contributed by atoms with Gasteiger partial charge >= 0.3 is 17.4 Å². The summed E-state index contributed by atoms with van der Waals surface area (Å²) in [5.41, 5.74) is 0.184. The first kappa shape index (κ1) is 29.6. The standard InChI is InChI=1S/C15H11F5I3NO7S/c16-14(17,18)13(15(19,20)32(28,29)30)31-10(26)3-1-2-9(25)24-12(27)7-4-6(21)5-8(22)11(7)23/h4-5,13H,1-3H2,(H,24,25,27)(H,28,29,30)/p-1. The second-order valence-electron chi connectivity index (χ2n) is 5.91. The van der Waals surface area contributed by atoms with Crippen molar-refractivity contribution in [2.75, 3.05) is 0 Å². The van der Waals surface area contributed by atoms with Gasteiger partial charge in [-0.15, -0.1) is 0 Å². The number of ether oxygens (including phenoxy) is 1. The van der Waals surface area contributed by atoms with E-state index < -0.39 is 64.7 Å². The number of halogens is 8. The first-order chi connectivity index (χ1) is 14.4. The molecule has 0 heterocycles. The van der Waals surface area contributed by atoms with Crippen LogP contribution in [0.25, 0.3) is 0 Å². The third-order valence-corrected chi connectivity index (χ3v) is 8.01. The van der Waals surface area contributed by atoms with Crippen LogP contribution in [0.3, 0.4) is 0 Å². The average molecular weight is 824 g/mol. The monoisotopic (exact) mass is 824 g/mol. The molecule has 32 heavy (non-hydrogen) atoms. The zero-order chi connectivity index (χ0) is 25.1. The molecule has 0 bridgehead atoms. The van der Waals surface area contributed by atoms with Gasteiger partial charge in [-0.3, -0.25) is 19.7 Å². The third-order valence-electron chi connectivity index (χ3n) is 3.46. The lowest BCUT2D eigenvalue weighted by molar-refractivity contribution is -0.259. The second-order valence-corrected chi connectivity index (χ2v) is 10.8. The molecule has 0 aliphatic rings. The fourth-order valence-electron chi connectivity index (χ4n) is 2.02. The van der Waals surface area contributed by atoms with E-state index in [1.807, 2.05) is 73.1 Å². The van der Waals surface area contributed by atoms with Crippen molar-refractivity contribution < 1.29 is 54.0 Å². The number of rotatable bonds is 8. The second kappa shape index (κ2) is 11.3. The van der Waals surface area contributed by atoms with Gasteiger partial charge in [0, 0.05) is 23.6 Å². The molecule has 0 aliphatic carbocycles. The molecule has 0 spiro atoms. The number of carbonyl (C=O) groups excluding carboxylic acids is 3. The molecule has 1 aromatic carbocycles. The highest BCUT2D eigenvalue weighted by atomic mass is 127. The van der Waals surface area contributed by atoms with Crippen LogP contribution in [-0.2, 0) is 24.4 Å². The van der Waals surface area contributed by atoms with Gasteiger partial charge in [0.15, 0.2) is 10.1 Å². The van der Waals surface area contributed by atoms with Gasteiger partial charge in [-0.25, -0.2) is 8.42 Å². The Labute approximate surface area is 218 Å². The number of imide groups is 1. The van der Waals surface area contributed by atoms with Crippen LogP contribution in [0.4, 0.5) is 22.0 Å². The van der Waals surface area contributed by atoms with Gasteiger partial charge in [0.2, 0.25) is 5.91 Å². The number of esters is 1. The molecule has 0 saturated carbocycles. The van der Waals surface area contributed by atoms with Crippen LogP contribution in [0, 0.1) is 10.7 Å². The van der Waals surface area contributed by atoms with Crippen LogP contribution in [0.5, 0.6) is 0 Å². The van der Waals surface area contributed by atoms with Crippen molar-refractivity contribution in [3.63, 3.8) is 0 Å². The van der Waals surface area contributed by atoms with E-state index in [0.29, 0.717) is 7.14 Å². The van der Waals surface area contributed by atoms with Crippen molar-refractivity contribution in [3.8, 4) is 0 Å². The molecular formula is C15H10F5I3NO7S-. The van der Waals surface area contributed by atoms with Crippen LogP contribution >= 0.6 is 67.8 Å². The van der Waals surface area contributed by atoms with E-state index in [0.717, 1.165) is 3.57 Å². The first-order valence-corrected chi connectivity index (χ1v) is 12.6. The molecule has 0 aromatic heterocycles. The summed E-state index contributed by atoms with van der Waals surface area (Å²) in [6.45, 7) is 0. The summed E-state index contributed by atoms with van der Waals surface area (Å²) in [5, 5.41) is -3.94. The highest BCUT2D eigenvalue weighted by molar-refractivity contribution is 14.1. The molecule has 1 N–H and O–H groups in total. The summed E-state index contributed by atoms with van der Waals surface area (Å²) in [4.78, 5) is 35.5. The van der Waals surface area contributed by atoms with Crippen LogP contribution in [0.2, 0.25) is 0 Å². The van der Waals surface area contributed by atoms with Gasteiger partial charge in [-0.05, 0) is 86.3 Å². The van der Waals surface area contributed by atoms with E-state index in [2.05, 4.69) is 4.74 Å². The Bertz CT molecular complexity index is 1020. The Kier molecular flexibility index (Phi) is 10.5. The summed E-state index contributed by atoms with van der Waals surface area (Å²) in [7, 11) is -6.80. The Hall–Kier alpha value is -0.420. The predicted molar refractivity (Wildman–Crippen MR) is 121 cm³/mol. The Balaban J connectivity index is 2.70. The first-order valence-electron chi connectivity index (χ1n) is 7.96. The molecule has 0 saturated heterocycles. The molecule has 8 nitrogen and oxygen atoms in total. The summed E-state index contributed by atoms with van der Waals surface area (Å²) in [5.74, 6) is -3.60. The molecule has 1 atom stereocenters. The maximum absolute atomic E-state index is 13.3. The summed E-state index contributed by atoms with van der Waals surface area (Å²) >= 11 is 5.82. The van der Waals surface area contributed by atoms with Crippen molar-refractivity contribution in [1.29, 1.82) is 0 Å². The molecule has 0 radical (unpaired) electrons. The van der Waals surface area contributed by atoms with E-state index in [9.17, 15) is 49.3 Å². The number of benzene rings is 1. The molecule has 0 fully saturated rings. The van der Waals surface area contributed by atoms with Crippen LogP contribution in [0.15, 0.2) is 12.1 Å². The number of amides is 2. The van der Waals surface area contributed by atoms with Gasteiger partial charge in [-0.1, -0.05) is 0 Å². The quantitative estimate of drug-likeness (QED) is 0.140. The van der Waals surface area contributed by atoms with Gasteiger partial charge in [0.1, 0.15) is 0 Å². The average Bonchev–Trinajstić information content (AvgIpc) is 2.60. The molecule has 17 heteroatoms. The summed E-state index contributed by atoms with van der Waals surface area (Å²) < 4.78 is 101. The highest BCUT2D eigenvalue weighted by Crippen LogP contribution is 2.38. The SMILES string of the molecule is O=C(CCCC(=O)OC(C(F)(F)F)C(F)(F)S(=O)(=O)[O-])NC(=O)c1cc(I)cc(I)c1I. The highest BCUT2D eigenvalue weighted by Gasteiger charge is 2.62. The zero-order valence-corrected chi connectivity index (χ0v) is 22.4. The molecular weight excluding hydrogens is 814 g/mol. The maximum Gasteiger partial charge on any atom is 0.432 e. The number of hydrogen-bond donors (Lipinski definition) is 1. The van der Waals surface area contributed by atoms with E-state index in [-0.39, 0.29) is 5.56 Å². The van der Waals surface area contributed by atoms with Gasteiger partial charge in [0.05, 0.1) is 5.56 Å². The van der Waals surface area contributed by atoms with Crippen molar-refractivity contribution in [2.24, 2.45) is 0 Å². The van der Waals surface area contributed by atoms with Crippen LogP contribution in [0.1, 0.15) is 29.6 Å². The van der Waals surface area contributed by atoms with E-state index in [1.165, 1.54) is 6.07 Å². The lowest BCUT2D eigenvalue weighted by Gasteiger charge is -2.29. The van der Waals surface area contributed by atoms with E-state index in [4.69, 9.17) is 0 Å². The molecule has 1 aromatic rings. The maximum atomic E-state index is 13.3. The number of nitrogens with one attached hydrogen (secondary N) is 1. The lowest BCUT2D eigenvalue weighted by atomic mass is 10.2. The lowest BCUT2D eigenvalue weighted by Crippen LogP contribution is -2.52. The molecule has 1 rings (SSSR count). The van der Waals surface area contributed by atoms with Gasteiger partial charge < -0.3 is 9.29 Å². The summed E-state index contributed by atoms with van der Waals surface area (Å²) in [6, 6.07) is 3.29. The third kappa shape index (κ3) is 8.11. The van der Waals surface area contributed by atoms with Crippen molar-refractivity contribution >= 4 is 95.7 Å². The number of hydrogen-bond acceptors (Lipinski definition) is 7. The smallest absolute Gasteiger partial charge is 0.432 e. The Morgan fingerprint density at radius 3 is 2.12 bits per heavy atom. The van der Waals surface area contributed by atoms with Crippen molar-refractivity contribution in [2.45, 2.75) is 36.8 Å². The fourth-order valence-corrected chi connectivity index (χ4v) is 4.86. The zero-order valence-electron chi connectivity index (χ0n) is 15.1. The number of alkyl halides is 5. The Morgan fingerprint density at radius 2 is 1.62 bits per heavy atom. The minimum atomic E-state index is -6.80. The topological polar surface area (TPSA) is 130 Å². The molecule has 1 unspecified atom stereocenters. The van der Waals surface area contributed by atoms with Crippen molar-refractivity contribution in [3.05, 3.63) is 28.4 Å². The van der Waals surface area contributed by atoms with E-state index >= 15 is 0 Å². The minimum absolute atomic E-state index is 0.184. The molecule has 180 valence electrons. The normalized spacial score (nSPS) is 13.4. The summed E-state index contributed by atoms with van der Waals surface area (Å²) in [6.07, 6.45) is -12.6. The van der Waals surface area contributed by atoms with Crippen LogP contribution < -0.4 is 5.32 Å². The predicted octanol–water partition coefficient (Wildman–Crippen LogP) is 3.54. The molecule has 0 aliphatic heterocycles. The Morgan fingerprint density at radius 1 is 1.06 bits per heavy atom. The van der Waals surface area contributed by atoms with Gasteiger partial charge in [0.25, 0.3) is 12.0 Å². The van der Waals surface area contributed by atoms with E-state index in [1.54, 1.807) is 6.07 Å². The van der Waals surface area contributed by atoms with Crippen molar-refractivity contribution in [1.82, 2.24) is 5.32 Å². The molecule has 2 amide bonds. The van der Waals surface area contributed by atoms with Gasteiger partial charge in [-0.2, -0.15) is 22.0 Å².